The molecule has 0 amide bonds. The number of hydrogen-bond acceptors (Lipinski definition) is 2. The number of ether oxygens (including phenoxy) is 1. The molecule has 0 saturated heterocycles. The highest BCUT2D eigenvalue weighted by molar-refractivity contribution is 5.37. The number of rotatable bonds is 6. The van der Waals surface area contributed by atoms with Crippen molar-refractivity contribution in [3.05, 3.63) is 65.0 Å². The molecule has 2 rings (SSSR count). The normalized spacial score (nSPS) is 12.2. The predicted octanol–water partition coefficient (Wildman–Crippen LogP) is 3.99. The van der Waals surface area contributed by atoms with Gasteiger partial charge in [-0.15, -0.1) is 0 Å². The number of benzene rings is 2. The van der Waals surface area contributed by atoms with Crippen LogP contribution in [-0.4, -0.2) is 6.04 Å². The second-order valence-electron chi connectivity index (χ2n) is 5.40. The molecule has 0 heterocycles. The van der Waals surface area contributed by atoms with E-state index in [1.807, 2.05) is 18.2 Å². The maximum absolute atomic E-state index is 13.2. The Balaban J connectivity index is 2.11. The van der Waals surface area contributed by atoms with Crippen LogP contribution in [-0.2, 0) is 13.0 Å². The Kier molecular flexibility index (Phi) is 5.34. The van der Waals surface area contributed by atoms with Crippen molar-refractivity contribution in [2.24, 2.45) is 5.73 Å². The number of halogens is 1. The number of nitrogens with two attached hydrogens (primary N) is 1. The van der Waals surface area contributed by atoms with Crippen LogP contribution in [0.4, 0.5) is 4.39 Å². The minimum absolute atomic E-state index is 0.128. The Morgan fingerprint density at radius 2 is 2.00 bits per heavy atom. The third-order valence-corrected chi connectivity index (χ3v) is 3.51. The van der Waals surface area contributed by atoms with Gasteiger partial charge in [0.05, 0.1) is 0 Å². The molecule has 0 aliphatic rings. The highest BCUT2D eigenvalue weighted by atomic mass is 19.1. The summed E-state index contributed by atoms with van der Waals surface area (Å²) in [6.07, 6.45) is 1.72. The molecule has 2 nitrogen and oxygen atoms in total. The predicted molar refractivity (Wildman–Crippen MR) is 83.9 cm³/mol. The van der Waals surface area contributed by atoms with Crippen LogP contribution in [0.15, 0.2) is 42.5 Å². The van der Waals surface area contributed by atoms with Crippen LogP contribution in [0.3, 0.4) is 0 Å². The molecular formula is C18H22FNO. The quantitative estimate of drug-likeness (QED) is 0.871. The maximum Gasteiger partial charge on any atom is 0.123 e. The van der Waals surface area contributed by atoms with Gasteiger partial charge in [0.15, 0.2) is 0 Å². The zero-order valence-corrected chi connectivity index (χ0v) is 12.6. The lowest BCUT2D eigenvalue weighted by atomic mass is 10.0. The van der Waals surface area contributed by atoms with Gasteiger partial charge in [-0.25, -0.2) is 4.39 Å². The largest absolute Gasteiger partial charge is 0.489 e. The molecule has 0 aliphatic heterocycles. The van der Waals surface area contributed by atoms with Crippen molar-refractivity contribution in [1.82, 2.24) is 0 Å². The zero-order valence-electron chi connectivity index (χ0n) is 12.6. The van der Waals surface area contributed by atoms with Crippen molar-refractivity contribution in [2.45, 2.75) is 39.3 Å². The summed E-state index contributed by atoms with van der Waals surface area (Å²) in [5, 5.41) is 0. The standard InChI is InChI=1S/C18H22FNO/c1-3-17(20)11-15-9-13(2)7-8-18(15)21-12-14-5-4-6-16(19)10-14/h4-10,17H,3,11-12,20H2,1-2H3. The van der Waals surface area contributed by atoms with E-state index in [9.17, 15) is 4.39 Å². The van der Waals surface area contributed by atoms with Gasteiger partial charge in [0.2, 0.25) is 0 Å². The van der Waals surface area contributed by atoms with E-state index in [0.717, 1.165) is 29.7 Å². The molecule has 1 unspecified atom stereocenters. The van der Waals surface area contributed by atoms with Crippen LogP contribution in [0, 0.1) is 12.7 Å². The monoisotopic (exact) mass is 287 g/mol. The summed E-state index contributed by atoms with van der Waals surface area (Å²) < 4.78 is 19.0. The van der Waals surface area contributed by atoms with Gasteiger partial charge in [0, 0.05) is 6.04 Å². The van der Waals surface area contributed by atoms with Crippen LogP contribution in [0.2, 0.25) is 0 Å². The van der Waals surface area contributed by atoms with E-state index in [1.165, 1.54) is 17.7 Å². The van der Waals surface area contributed by atoms with Crippen LogP contribution in [0.1, 0.15) is 30.0 Å². The van der Waals surface area contributed by atoms with E-state index in [2.05, 4.69) is 19.9 Å². The second kappa shape index (κ2) is 7.23. The van der Waals surface area contributed by atoms with E-state index >= 15 is 0 Å². The number of aryl methyl sites for hydroxylation is 1. The fourth-order valence-electron chi connectivity index (χ4n) is 2.22. The first-order valence-corrected chi connectivity index (χ1v) is 7.31. The molecule has 0 aliphatic carbocycles. The Labute approximate surface area is 125 Å². The van der Waals surface area contributed by atoms with Gasteiger partial charge in [0.1, 0.15) is 18.2 Å². The second-order valence-corrected chi connectivity index (χ2v) is 5.40. The Hall–Kier alpha value is -1.87. The SMILES string of the molecule is CCC(N)Cc1cc(C)ccc1OCc1cccc(F)c1. The van der Waals surface area contributed by atoms with Crippen molar-refractivity contribution < 1.29 is 9.13 Å². The first kappa shape index (κ1) is 15.5. The maximum atomic E-state index is 13.2. The molecule has 1 atom stereocenters. The topological polar surface area (TPSA) is 35.2 Å². The fourth-order valence-corrected chi connectivity index (χ4v) is 2.22. The summed E-state index contributed by atoms with van der Waals surface area (Å²) in [5.41, 5.74) is 9.16. The Morgan fingerprint density at radius 1 is 1.19 bits per heavy atom. The van der Waals surface area contributed by atoms with Crippen LogP contribution in [0.5, 0.6) is 5.75 Å². The van der Waals surface area contributed by atoms with E-state index in [0.29, 0.717) is 6.61 Å². The molecular weight excluding hydrogens is 265 g/mol. The van der Waals surface area contributed by atoms with Gasteiger partial charge >= 0.3 is 0 Å². The molecule has 2 aromatic rings. The van der Waals surface area contributed by atoms with Gasteiger partial charge in [0.25, 0.3) is 0 Å². The van der Waals surface area contributed by atoms with Gasteiger partial charge in [-0.2, -0.15) is 0 Å². The highest BCUT2D eigenvalue weighted by Gasteiger charge is 2.09. The third-order valence-electron chi connectivity index (χ3n) is 3.51. The van der Waals surface area contributed by atoms with Crippen molar-refractivity contribution in [2.75, 3.05) is 0 Å². The molecule has 0 saturated carbocycles. The molecule has 2 aromatic carbocycles. The lowest BCUT2D eigenvalue weighted by molar-refractivity contribution is 0.301. The van der Waals surface area contributed by atoms with Crippen molar-refractivity contribution in [3.63, 3.8) is 0 Å². The summed E-state index contributed by atoms with van der Waals surface area (Å²) >= 11 is 0. The summed E-state index contributed by atoms with van der Waals surface area (Å²) in [6, 6.07) is 12.7. The third kappa shape index (κ3) is 4.57. The lowest BCUT2D eigenvalue weighted by Crippen LogP contribution is -2.21. The first-order valence-electron chi connectivity index (χ1n) is 7.31. The van der Waals surface area contributed by atoms with E-state index in [1.54, 1.807) is 6.07 Å². The fraction of sp³-hybridized carbons (Fsp3) is 0.333. The molecule has 2 N–H and O–H groups in total. The van der Waals surface area contributed by atoms with Gasteiger partial charge in [-0.3, -0.25) is 0 Å². The van der Waals surface area contributed by atoms with Gasteiger partial charge in [-0.05, 0) is 49.1 Å². The molecule has 0 radical (unpaired) electrons. The van der Waals surface area contributed by atoms with Crippen LogP contribution >= 0.6 is 0 Å². The zero-order chi connectivity index (χ0) is 15.2. The number of hydrogen-bond donors (Lipinski definition) is 1. The molecule has 21 heavy (non-hydrogen) atoms. The average Bonchev–Trinajstić information content (AvgIpc) is 2.46. The smallest absolute Gasteiger partial charge is 0.123 e. The minimum Gasteiger partial charge on any atom is -0.489 e. The van der Waals surface area contributed by atoms with Crippen LogP contribution in [0.25, 0.3) is 0 Å². The van der Waals surface area contributed by atoms with Gasteiger partial charge in [-0.1, -0.05) is 36.8 Å². The van der Waals surface area contributed by atoms with E-state index < -0.39 is 0 Å². The minimum atomic E-state index is -0.242. The first-order chi connectivity index (χ1) is 10.1. The molecule has 0 aromatic heterocycles. The molecule has 0 bridgehead atoms. The summed E-state index contributed by atoms with van der Waals surface area (Å²) in [7, 11) is 0. The molecule has 0 spiro atoms. The molecule has 0 fully saturated rings. The van der Waals surface area contributed by atoms with Gasteiger partial charge < -0.3 is 10.5 Å². The molecule has 3 heteroatoms. The van der Waals surface area contributed by atoms with E-state index in [4.69, 9.17) is 10.5 Å². The van der Waals surface area contributed by atoms with Crippen molar-refractivity contribution >= 4 is 0 Å². The Morgan fingerprint density at radius 3 is 2.71 bits per heavy atom. The highest BCUT2D eigenvalue weighted by Crippen LogP contribution is 2.23. The molecule has 112 valence electrons. The van der Waals surface area contributed by atoms with Crippen LogP contribution < -0.4 is 10.5 Å². The van der Waals surface area contributed by atoms with Crippen molar-refractivity contribution in [3.8, 4) is 5.75 Å². The summed E-state index contributed by atoms with van der Waals surface area (Å²) in [4.78, 5) is 0. The summed E-state index contributed by atoms with van der Waals surface area (Å²) in [6.45, 7) is 4.49. The average molecular weight is 287 g/mol. The van der Waals surface area contributed by atoms with E-state index in [-0.39, 0.29) is 11.9 Å². The Bertz CT molecular complexity index is 598. The summed E-state index contributed by atoms with van der Waals surface area (Å²) in [5.74, 6) is 0.585. The van der Waals surface area contributed by atoms with Crippen molar-refractivity contribution in [1.29, 1.82) is 0 Å². The lowest BCUT2D eigenvalue weighted by Gasteiger charge is -2.15.